The Kier molecular flexibility index (Phi) is 2.53. The van der Waals surface area contributed by atoms with Crippen molar-refractivity contribution >= 4 is 28.7 Å². The molecule has 0 nitrogen and oxygen atoms in total. The second-order valence-electron chi connectivity index (χ2n) is 4.55. The molecule has 0 amide bonds. The summed E-state index contributed by atoms with van der Waals surface area (Å²) >= 11 is 3.78. The van der Waals surface area contributed by atoms with Crippen LogP contribution in [0.4, 0.5) is 0 Å². The van der Waals surface area contributed by atoms with Gasteiger partial charge in [0, 0.05) is 20.0 Å². The van der Waals surface area contributed by atoms with Crippen LogP contribution in [0.2, 0.25) is 0 Å². The summed E-state index contributed by atoms with van der Waals surface area (Å²) in [6.07, 6.45) is 4.35. The molecule has 2 heterocycles. The van der Waals surface area contributed by atoms with Crippen molar-refractivity contribution in [2.45, 2.75) is 32.1 Å². The van der Waals surface area contributed by atoms with Crippen molar-refractivity contribution in [2.24, 2.45) is 0 Å². The second-order valence-corrected chi connectivity index (χ2v) is 6.55. The van der Waals surface area contributed by atoms with Gasteiger partial charge in [-0.2, -0.15) is 0 Å². The fourth-order valence-corrected chi connectivity index (χ4v) is 5.33. The Balaban J connectivity index is 2.33. The molecule has 88 valence electrons. The van der Waals surface area contributed by atoms with Crippen LogP contribution in [0.5, 0.6) is 0 Å². The highest BCUT2D eigenvalue weighted by atomic mass is 32.1. The van der Waals surface area contributed by atoms with Crippen LogP contribution in [0.25, 0.3) is 15.8 Å². The van der Waals surface area contributed by atoms with E-state index in [9.17, 15) is 0 Å². The standard InChI is InChI=1S/C15H16S2/c1-4-10-9-12-14(17-10)13-11(7-8-16-13)15(12,5-2)6-3/h4,7-9H,1,5-6H2,2-3H3. The van der Waals surface area contributed by atoms with Crippen LogP contribution in [-0.2, 0) is 5.41 Å². The molecule has 0 radical (unpaired) electrons. The molecular weight excluding hydrogens is 244 g/mol. The summed E-state index contributed by atoms with van der Waals surface area (Å²) in [6, 6.07) is 4.68. The zero-order valence-corrected chi connectivity index (χ0v) is 11.9. The summed E-state index contributed by atoms with van der Waals surface area (Å²) in [6.45, 7) is 8.52. The van der Waals surface area contributed by atoms with E-state index in [2.05, 4.69) is 37.9 Å². The smallest absolute Gasteiger partial charge is 0.0493 e. The van der Waals surface area contributed by atoms with E-state index in [4.69, 9.17) is 0 Å². The summed E-state index contributed by atoms with van der Waals surface area (Å²) in [5, 5.41) is 2.24. The molecule has 0 spiro atoms. The SMILES string of the molecule is C=Cc1cc2c(s1)-c1sccc1C2(CC)CC. The predicted octanol–water partition coefficient (Wildman–Crippen LogP) is 5.54. The zero-order chi connectivity index (χ0) is 12.0. The molecule has 0 saturated carbocycles. The molecule has 0 aromatic carbocycles. The van der Waals surface area contributed by atoms with Crippen LogP contribution >= 0.6 is 22.7 Å². The summed E-state index contributed by atoms with van der Waals surface area (Å²) in [4.78, 5) is 4.30. The molecule has 2 aromatic heterocycles. The van der Waals surface area contributed by atoms with Gasteiger partial charge in [0.1, 0.15) is 0 Å². The number of fused-ring (bicyclic) bond motifs is 3. The molecule has 0 unspecified atom stereocenters. The van der Waals surface area contributed by atoms with E-state index in [1.165, 1.54) is 27.5 Å². The van der Waals surface area contributed by atoms with Crippen molar-refractivity contribution in [2.75, 3.05) is 0 Å². The molecule has 0 fully saturated rings. The van der Waals surface area contributed by atoms with Crippen molar-refractivity contribution in [3.8, 4) is 9.75 Å². The van der Waals surface area contributed by atoms with Gasteiger partial charge >= 0.3 is 0 Å². The van der Waals surface area contributed by atoms with Gasteiger partial charge in [0.05, 0.1) is 0 Å². The monoisotopic (exact) mass is 260 g/mol. The predicted molar refractivity (Wildman–Crippen MR) is 79.1 cm³/mol. The minimum atomic E-state index is 0.266. The third kappa shape index (κ3) is 1.28. The maximum Gasteiger partial charge on any atom is 0.0493 e. The van der Waals surface area contributed by atoms with E-state index < -0.39 is 0 Å². The van der Waals surface area contributed by atoms with Crippen molar-refractivity contribution in [1.82, 2.24) is 0 Å². The molecule has 0 N–H and O–H groups in total. The third-order valence-corrected chi connectivity index (χ3v) is 6.27. The molecule has 1 aliphatic carbocycles. The highest BCUT2D eigenvalue weighted by molar-refractivity contribution is 7.22. The van der Waals surface area contributed by atoms with Crippen LogP contribution in [0.1, 0.15) is 42.7 Å². The van der Waals surface area contributed by atoms with Crippen LogP contribution in [0, 0.1) is 0 Å². The highest BCUT2D eigenvalue weighted by Gasteiger charge is 2.42. The summed E-state index contributed by atoms with van der Waals surface area (Å²) in [5.74, 6) is 0. The highest BCUT2D eigenvalue weighted by Crippen LogP contribution is 2.57. The summed E-state index contributed by atoms with van der Waals surface area (Å²) in [5.41, 5.74) is 3.37. The zero-order valence-electron chi connectivity index (χ0n) is 10.2. The van der Waals surface area contributed by atoms with E-state index in [0.717, 1.165) is 0 Å². The van der Waals surface area contributed by atoms with Crippen LogP contribution in [-0.4, -0.2) is 0 Å². The Labute approximate surface area is 111 Å². The Morgan fingerprint density at radius 2 is 2.00 bits per heavy atom. The average molecular weight is 260 g/mol. The molecule has 0 saturated heterocycles. The Bertz CT molecular complexity index is 568. The van der Waals surface area contributed by atoms with Gasteiger partial charge in [-0.1, -0.05) is 26.5 Å². The van der Waals surface area contributed by atoms with Crippen LogP contribution in [0.15, 0.2) is 24.1 Å². The molecular formula is C15H16S2. The minimum Gasteiger partial charge on any atom is -0.143 e. The first-order valence-electron chi connectivity index (χ1n) is 6.12. The van der Waals surface area contributed by atoms with Gasteiger partial charge in [0.15, 0.2) is 0 Å². The Morgan fingerprint density at radius 1 is 1.24 bits per heavy atom. The normalized spacial score (nSPS) is 15.6. The van der Waals surface area contributed by atoms with E-state index in [0.29, 0.717) is 0 Å². The first-order chi connectivity index (χ1) is 8.26. The molecule has 0 atom stereocenters. The van der Waals surface area contributed by atoms with Gasteiger partial charge in [-0.05, 0) is 41.5 Å². The molecule has 17 heavy (non-hydrogen) atoms. The van der Waals surface area contributed by atoms with Crippen molar-refractivity contribution in [3.05, 3.63) is 40.1 Å². The lowest BCUT2D eigenvalue weighted by molar-refractivity contribution is 0.492. The van der Waals surface area contributed by atoms with Crippen molar-refractivity contribution < 1.29 is 0 Å². The molecule has 2 heteroatoms. The quantitative estimate of drug-likeness (QED) is 0.679. The summed E-state index contributed by atoms with van der Waals surface area (Å²) < 4.78 is 0. The van der Waals surface area contributed by atoms with E-state index in [1.54, 1.807) is 11.1 Å². The Hall–Kier alpha value is -0.860. The number of rotatable bonds is 3. The maximum absolute atomic E-state index is 3.90. The average Bonchev–Trinajstić information content (AvgIpc) is 3.00. The maximum atomic E-state index is 3.90. The fraction of sp³-hybridized carbons (Fsp3) is 0.333. The summed E-state index contributed by atoms with van der Waals surface area (Å²) in [7, 11) is 0. The van der Waals surface area contributed by atoms with Crippen LogP contribution < -0.4 is 0 Å². The van der Waals surface area contributed by atoms with Gasteiger partial charge in [-0.3, -0.25) is 0 Å². The van der Waals surface area contributed by atoms with E-state index >= 15 is 0 Å². The lowest BCUT2D eigenvalue weighted by Gasteiger charge is -2.27. The lowest BCUT2D eigenvalue weighted by Crippen LogP contribution is -2.22. The third-order valence-electron chi connectivity index (χ3n) is 4.06. The minimum absolute atomic E-state index is 0.266. The topological polar surface area (TPSA) is 0 Å². The number of thiophene rings is 2. The second kappa shape index (κ2) is 3.82. The molecule has 0 aliphatic heterocycles. The van der Waals surface area contributed by atoms with E-state index in [-0.39, 0.29) is 5.41 Å². The Morgan fingerprint density at radius 3 is 2.65 bits per heavy atom. The number of hydrogen-bond acceptors (Lipinski definition) is 2. The first-order valence-corrected chi connectivity index (χ1v) is 7.81. The van der Waals surface area contributed by atoms with Gasteiger partial charge in [-0.15, -0.1) is 22.7 Å². The lowest BCUT2D eigenvalue weighted by atomic mass is 9.75. The van der Waals surface area contributed by atoms with Gasteiger partial charge in [-0.25, -0.2) is 0 Å². The van der Waals surface area contributed by atoms with Crippen molar-refractivity contribution in [3.63, 3.8) is 0 Å². The number of hydrogen-bond donors (Lipinski definition) is 0. The molecule has 0 bridgehead atoms. The van der Waals surface area contributed by atoms with Crippen LogP contribution in [0.3, 0.4) is 0 Å². The van der Waals surface area contributed by atoms with E-state index in [1.807, 2.05) is 28.7 Å². The molecule has 3 rings (SSSR count). The van der Waals surface area contributed by atoms with Gasteiger partial charge in [0.2, 0.25) is 0 Å². The van der Waals surface area contributed by atoms with Gasteiger partial charge < -0.3 is 0 Å². The molecule has 2 aromatic rings. The molecule has 1 aliphatic rings. The van der Waals surface area contributed by atoms with Crippen molar-refractivity contribution in [1.29, 1.82) is 0 Å². The first kappa shape index (κ1) is 11.2. The largest absolute Gasteiger partial charge is 0.143 e. The van der Waals surface area contributed by atoms with Gasteiger partial charge in [0.25, 0.3) is 0 Å². The fourth-order valence-electron chi connectivity index (χ4n) is 3.05.